The van der Waals surface area contributed by atoms with E-state index in [0.29, 0.717) is 11.8 Å². The molecule has 2 N–H and O–H groups in total. The van der Waals surface area contributed by atoms with E-state index in [1.165, 1.54) is 0 Å². The molecule has 2 aromatic heterocycles. The van der Waals surface area contributed by atoms with E-state index in [4.69, 9.17) is 17.3 Å². The molecule has 2 heterocycles. The quantitative estimate of drug-likeness (QED) is 0.776. The molecule has 0 aromatic carbocycles. The molecular formula is C8H9ClN4. The minimum atomic E-state index is 0.383. The molecule has 0 aliphatic heterocycles. The Hall–Kier alpha value is -1.13. The van der Waals surface area contributed by atoms with Crippen LogP contribution in [0.3, 0.4) is 0 Å². The topological polar surface area (TPSA) is 56.2 Å². The summed E-state index contributed by atoms with van der Waals surface area (Å²) < 4.78 is 1.74. The maximum Gasteiger partial charge on any atom is 0.229 e. The fourth-order valence-electron chi connectivity index (χ4n) is 1.29. The maximum atomic E-state index is 5.80. The van der Waals surface area contributed by atoms with Crippen LogP contribution in [-0.2, 0) is 6.42 Å². The van der Waals surface area contributed by atoms with Crippen molar-refractivity contribution >= 4 is 17.2 Å². The average molecular weight is 197 g/mol. The summed E-state index contributed by atoms with van der Waals surface area (Å²) in [5.41, 5.74) is 7.33. The highest BCUT2D eigenvalue weighted by atomic mass is 35.5. The molecule has 0 amide bonds. The molecule has 0 radical (unpaired) electrons. The number of rotatable bonds is 2. The Morgan fingerprint density at radius 1 is 1.46 bits per heavy atom. The van der Waals surface area contributed by atoms with Crippen LogP contribution >= 0.6 is 11.6 Å². The summed E-state index contributed by atoms with van der Waals surface area (Å²) in [6, 6.07) is 3.89. The van der Waals surface area contributed by atoms with E-state index in [2.05, 4.69) is 10.2 Å². The van der Waals surface area contributed by atoms with E-state index in [1.54, 1.807) is 4.40 Å². The predicted octanol–water partition coefficient (Wildman–Crippen LogP) is 0.884. The zero-order valence-electron chi connectivity index (χ0n) is 6.94. The standard InChI is InChI=1S/C8H9ClN4/c9-8-12-11-7-6(3-4-10)2-1-5-13(7)8/h1-2,5H,3-4,10H2. The van der Waals surface area contributed by atoms with Crippen molar-refractivity contribution in [3.8, 4) is 0 Å². The van der Waals surface area contributed by atoms with Crippen molar-refractivity contribution in [3.05, 3.63) is 29.2 Å². The molecule has 0 bridgehead atoms. The van der Waals surface area contributed by atoms with Gasteiger partial charge in [-0.25, -0.2) is 0 Å². The summed E-state index contributed by atoms with van der Waals surface area (Å²) in [4.78, 5) is 0. The molecule has 0 unspecified atom stereocenters. The van der Waals surface area contributed by atoms with Gasteiger partial charge in [0.15, 0.2) is 5.65 Å². The van der Waals surface area contributed by atoms with Crippen LogP contribution in [0.4, 0.5) is 0 Å². The van der Waals surface area contributed by atoms with Gasteiger partial charge in [0.2, 0.25) is 5.28 Å². The molecule has 68 valence electrons. The number of halogens is 1. The van der Waals surface area contributed by atoms with Crippen molar-refractivity contribution < 1.29 is 0 Å². The lowest BCUT2D eigenvalue weighted by atomic mass is 10.2. The Labute approximate surface area is 80.3 Å². The van der Waals surface area contributed by atoms with E-state index < -0.39 is 0 Å². The zero-order chi connectivity index (χ0) is 9.26. The first kappa shape index (κ1) is 8.47. The number of fused-ring (bicyclic) bond motifs is 1. The van der Waals surface area contributed by atoms with Crippen LogP contribution in [0.15, 0.2) is 18.3 Å². The molecule has 2 aromatic rings. The second kappa shape index (κ2) is 3.32. The summed E-state index contributed by atoms with van der Waals surface area (Å²) in [5.74, 6) is 0. The lowest BCUT2D eigenvalue weighted by Gasteiger charge is -1.99. The highest BCUT2D eigenvalue weighted by Crippen LogP contribution is 2.12. The monoisotopic (exact) mass is 196 g/mol. The Bertz CT molecular complexity index is 423. The van der Waals surface area contributed by atoms with Crippen LogP contribution < -0.4 is 5.73 Å². The molecule has 0 fully saturated rings. The normalized spacial score (nSPS) is 10.9. The van der Waals surface area contributed by atoms with Crippen LogP contribution in [0.5, 0.6) is 0 Å². The van der Waals surface area contributed by atoms with Crippen LogP contribution in [0, 0.1) is 0 Å². The van der Waals surface area contributed by atoms with Gasteiger partial charge in [0.05, 0.1) is 0 Å². The number of nitrogens with zero attached hydrogens (tertiary/aromatic N) is 3. The van der Waals surface area contributed by atoms with E-state index in [9.17, 15) is 0 Å². The minimum Gasteiger partial charge on any atom is -0.330 e. The third-order valence-electron chi connectivity index (χ3n) is 1.89. The fraction of sp³-hybridized carbons (Fsp3) is 0.250. The van der Waals surface area contributed by atoms with Gasteiger partial charge in [-0.05, 0) is 36.2 Å². The van der Waals surface area contributed by atoms with Crippen molar-refractivity contribution in [1.29, 1.82) is 0 Å². The van der Waals surface area contributed by atoms with Crippen molar-refractivity contribution in [1.82, 2.24) is 14.6 Å². The van der Waals surface area contributed by atoms with E-state index >= 15 is 0 Å². The van der Waals surface area contributed by atoms with Crippen LogP contribution in [0.25, 0.3) is 5.65 Å². The number of pyridine rings is 1. The summed E-state index contributed by atoms with van der Waals surface area (Å²) in [7, 11) is 0. The van der Waals surface area contributed by atoms with Gasteiger partial charge < -0.3 is 5.73 Å². The van der Waals surface area contributed by atoms with E-state index in [1.807, 2.05) is 18.3 Å². The number of hydrogen-bond donors (Lipinski definition) is 1. The van der Waals surface area contributed by atoms with E-state index in [-0.39, 0.29) is 0 Å². The molecule has 0 aliphatic rings. The van der Waals surface area contributed by atoms with Crippen molar-refractivity contribution in [2.45, 2.75) is 6.42 Å². The Morgan fingerprint density at radius 3 is 3.08 bits per heavy atom. The first-order valence-electron chi connectivity index (χ1n) is 4.01. The van der Waals surface area contributed by atoms with Crippen molar-refractivity contribution in [3.63, 3.8) is 0 Å². The Morgan fingerprint density at radius 2 is 2.31 bits per heavy atom. The van der Waals surface area contributed by atoms with Gasteiger partial charge >= 0.3 is 0 Å². The van der Waals surface area contributed by atoms with Gasteiger partial charge in [-0.15, -0.1) is 10.2 Å². The van der Waals surface area contributed by atoms with Crippen LogP contribution in [0.1, 0.15) is 5.56 Å². The second-order valence-corrected chi connectivity index (χ2v) is 3.07. The summed E-state index contributed by atoms with van der Waals surface area (Å²) in [5, 5.41) is 8.12. The largest absolute Gasteiger partial charge is 0.330 e. The van der Waals surface area contributed by atoms with Gasteiger partial charge in [-0.1, -0.05) is 6.07 Å². The summed E-state index contributed by atoms with van der Waals surface area (Å²) in [6.45, 7) is 0.601. The summed E-state index contributed by atoms with van der Waals surface area (Å²) >= 11 is 5.80. The number of hydrogen-bond acceptors (Lipinski definition) is 3. The molecule has 0 atom stereocenters. The molecule has 4 nitrogen and oxygen atoms in total. The lowest BCUT2D eigenvalue weighted by Crippen LogP contribution is -2.04. The molecule has 2 rings (SSSR count). The average Bonchev–Trinajstić information content (AvgIpc) is 2.50. The third-order valence-corrected chi connectivity index (χ3v) is 2.15. The Kier molecular flexibility index (Phi) is 2.16. The predicted molar refractivity (Wildman–Crippen MR) is 50.8 cm³/mol. The molecular weight excluding hydrogens is 188 g/mol. The van der Waals surface area contributed by atoms with Gasteiger partial charge in [-0.3, -0.25) is 4.40 Å². The first-order chi connectivity index (χ1) is 6.33. The molecule has 0 saturated heterocycles. The fourth-order valence-corrected chi connectivity index (χ4v) is 1.47. The maximum absolute atomic E-state index is 5.80. The Balaban J connectivity index is 2.63. The molecule has 13 heavy (non-hydrogen) atoms. The minimum absolute atomic E-state index is 0.383. The van der Waals surface area contributed by atoms with E-state index in [0.717, 1.165) is 17.6 Å². The second-order valence-electron chi connectivity index (χ2n) is 2.73. The highest BCUT2D eigenvalue weighted by molar-refractivity contribution is 6.28. The number of aromatic nitrogens is 3. The lowest BCUT2D eigenvalue weighted by molar-refractivity contribution is 0.959. The van der Waals surface area contributed by atoms with Crippen LogP contribution in [-0.4, -0.2) is 21.1 Å². The molecule has 5 heteroatoms. The summed E-state index contributed by atoms with van der Waals surface area (Å²) in [6.07, 6.45) is 2.62. The van der Waals surface area contributed by atoms with Gasteiger partial charge in [0.1, 0.15) is 0 Å². The molecule has 0 saturated carbocycles. The smallest absolute Gasteiger partial charge is 0.229 e. The zero-order valence-corrected chi connectivity index (χ0v) is 7.70. The highest BCUT2D eigenvalue weighted by Gasteiger charge is 2.05. The van der Waals surface area contributed by atoms with Crippen molar-refractivity contribution in [2.75, 3.05) is 6.54 Å². The van der Waals surface area contributed by atoms with Gasteiger partial charge in [-0.2, -0.15) is 0 Å². The first-order valence-corrected chi connectivity index (χ1v) is 4.39. The molecule has 0 spiro atoms. The SMILES string of the molecule is NCCc1cccn2c(Cl)nnc12. The third kappa shape index (κ3) is 1.38. The van der Waals surface area contributed by atoms with Gasteiger partial charge in [0, 0.05) is 6.20 Å². The van der Waals surface area contributed by atoms with Crippen molar-refractivity contribution in [2.24, 2.45) is 5.73 Å². The van der Waals surface area contributed by atoms with Crippen LogP contribution in [0.2, 0.25) is 5.28 Å². The molecule has 0 aliphatic carbocycles. The van der Waals surface area contributed by atoms with Gasteiger partial charge in [0.25, 0.3) is 0 Å². The number of nitrogens with two attached hydrogens (primary N) is 1.